The van der Waals surface area contributed by atoms with Gasteiger partial charge < -0.3 is 9.47 Å². The van der Waals surface area contributed by atoms with E-state index in [2.05, 4.69) is 11.1 Å². The summed E-state index contributed by atoms with van der Waals surface area (Å²) in [6, 6.07) is 13.1. The van der Waals surface area contributed by atoms with Crippen molar-refractivity contribution in [1.29, 1.82) is 5.26 Å². The van der Waals surface area contributed by atoms with E-state index in [1.54, 1.807) is 19.4 Å². The molecule has 0 N–H and O–H groups in total. The Morgan fingerprint density at radius 3 is 2.96 bits per heavy atom. The molecule has 0 fully saturated rings. The number of hydrogen-bond donors (Lipinski definition) is 0. The Morgan fingerprint density at radius 2 is 2.17 bits per heavy atom. The first kappa shape index (κ1) is 14.2. The lowest BCUT2D eigenvalue weighted by molar-refractivity contribution is -0.135. The summed E-state index contributed by atoms with van der Waals surface area (Å²) in [6.07, 6.45) is 3.47. The fourth-order valence-electron chi connectivity index (χ4n) is 3.04. The van der Waals surface area contributed by atoms with Crippen molar-refractivity contribution in [2.24, 2.45) is 10.9 Å². The zero-order valence-corrected chi connectivity index (χ0v) is 12.8. The highest BCUT2D eigenvalue weighted by Crippen LogP contribution is 2.30. The first-order valence-corrected chi connectivity index (χ1v) is 7.40. The standard InChI is InChI=1S/C19H12N2O3/c1-23-12-4-2-3-11(9-12)17-14-5-6-16-13(7-8-21-16)18(14)24-19(22)15(17)10-20/h2-9,15H,1H3. The first-order chi connectivity index (χ1) is 11.7. The smallest absolute Gasteiger partial charge is 0.333 e. The summed E-state index contributed by atoms with van der Waals surface area (Å²) in [4.78, 5) is 16.6. The third-order valence-electron chi connectivity index (χ3n) is 4.15. The van der Waals surface area contributed by atoms with Crippen molar-refractivity contribution in [2.45, 2.75) is 0 Å². The number of hydrogen-bond acceptors (Lipinski definition) is 5. The van der Waals surface area contributed by atoms with Crippen molar-refractivity contribution < 1.29 is 14.3 Å². The molecule has 0 spiro atoms. The maximum Gasteiger partial charge on any atom is 0.333 e. The average Bonchev–Trinajstić information content (AvgIpc) is 3.09. The summed E-state index contributed by atoms with van der Waals surface area (Å²) in [5.41, 5.74) is 2.15. The Bertz CT molecular complexity index is 1060. The minimum atomic E-state index is -0.982. The van der Waals surface area contributed by atoms with Gasteiger partial charge in [0.2, 0.25) is 0 Å². The summed E-state index contributed by atoms with van der Waals surface area (Å²) >= 11 is 0. The Hall–Kier alpha value is -3.39. The van der Waals surface area contributed by atoms with Crippen LogP contribution in [0, 0.1) is 17.2 Å². The normalized spacial score (nSPS) is 17.4. The van der Waals surface area contributed by atoms with Crippen LogP contribution in [0.4, 0.5) is 0 Å². The molecule has 2 aromatic carbocycles. The molecule has 2 aliphatic heterocycles. The zero-order chi connectivity index (χ0) is 16.7. The highest BCUT2D eigenvalue weighted by molar-refractivity contribution is 5.95. The third-order valence-corrected chi connectivity index (χ3v) is 4.15. The van der Waals surface area contributed by atoms with Crippen LogP contribution in [0.2, 0.25) is 0 Å². The molecule has 2 aromatic rings. The topological polar surface area (TPSA) is 71.7 Å². The van der Waals surface area contributed by atoms with Crippen molar-refractivity contribution in [1.82, 2.24) is 0 Å². The highest BCUT2D eigenvalue weighted by Gasteiger charge is 2.33. The molecule has 0 aliphatic carbocycles. The van der Waals surface area contributed by atoms with Crippen LogP contribution in [0.5, 0.6) is 11.5 Å². The minimum Gasteiger partial charge on any atom is -0.497 e. The second kappa shape index (κ2) is 5.36. The van der Waals surface area contributed by atoms with Gasteiger partial charge in [-0.1, -0.05) is 12.1 Å². The fourth-order valence-corrected chi connectivity index (χ4v) is 3.04. The molecule has 5 heteroatoms. The van der Waals surface area contributed by atoms with Crippen LogP contribution in [0.15, 0.2) is 47.6 Å². The summed E-state index contributed by atoms with van der Waals surface area (Å²) in [7, 11) is 1.58. The molecule has 24 heavy (non-hydrogen) atoms. The molecule has 1 atom stereocenters. The molecule has 2 heterocycles. The largest absolute Gasteiger partial charge is 0.497 e. The van der Waals surface area contributed by atoms with Crippen LogP contribution in [-0.4, -0.2) is 13.1 Å². The Labute approximate surface area is 137 Å². The molecular weight excluding hydrogens is 304 g/mol. The van der Waals surface area contributed by atoms with Crippen LogP contribution in [-0.2, 0) is 4.79 Å². The number of carbonyl (C=O) groups is 1. The van der Waals surface area contributed by atoms with Gasteiger partial charge in [0.05, 0.1) is 18.5 Å². The molecule has 0 bridgehead atoms. The van der Waals surface area contributed by atoms with Crippen molar-refractivity contribution in [2.75, 3.05) is 7.11 Å². The van der Waals surface area contributed by atoms with E-state index >= 15 is 0 Å². The number of fused-ring (bicyclic) bond motifs is 3. The summed E-state index contributed by atoms with van der Waals surface area (Å²) in [5, 5.41) is 11.0. The van der Waals surface area contributed by atoms with Crippen LogP contribution in [0.25, 0.3) is 11.6 Å². The van der Waals surface area contributed by atoms with Gasteiger partial charge in [-0.05, 0) is 41.5 Å². The van der Waals surface area contributed by atoms with E-state index in [9.17, 15) is 10.1 Å². The molecule has 4 rings (SSSR count). The minimum absolute atomic E-state index is 0.458. The number of esters is 1. The molecule has 1 unspecified atom stereocenters. The Kier molecular flexibility index (Phi) is 3.17. The van der Waals surface area contributed by atoms with Crippen LogP contribution >= 0.6 is 0 Å². The quantitative estimate of drug-likeness (QED) is 0.622. The number of rotatable bonds is 2. The Balaban J connectivity index is 2.10. The van der Waals surface area contributed by atoms with Gasteiger partial charge in [-0.2, -0.15) is 5.26 Å². The second-order valence-electron chi connectivity index (χ2n) is 5.45. The molecule has 0 amide bonds. The van der Waals surface area contributed by atoms with Gasteiger partial charge in [-0.3, -0.25) is 4.99 Å². The van der Waals surface area contributed by atoms with Gasteiger partial charge in [0.1, 0.15) is 11.5 Å². The van der Waals surface area contributed by atoms with E-state index in [1.807, 2.05) is 36.4 Å². The van der Waals surface area contributed by atoms with E-state index in [4.69, 9.17) is 9.47 Å². The van der Waals surface area contributed by atoms with Gasteiger partial charge in [0.15, 0.2) is 5.92 Å². The summed E-state index contributed by atoms with van der Waals surface area (Å²) in [5.74, 6) is -0.436. The van der Waals surface area contributed by atoms with E-state index in [0.29, 0.717) is 17.1 Å². The van der Waals surface area contributed by atoms with Gasteiger partial charge in [-0.25, -0.2) is 4.79 Å². The molecule has 0 saturated carbocycles. The van der Waals surface area contributed by atoms with E-state index in [1.165, 1.54) is 0 Å². The maximum atomic E-state index is 12.4. The lowest BCUT2D eigenvalue weighted by Gasteiger charge is -2.21. The number of nitriles is 1. The molecule has 5 nitrogen and oxygen atoms in total. The van der Waals surface area contributed by atoms with Crippen molar-refractivity contribution in [3.05, 3.63) is 64.3 Å². The van der Waals surface area contributed by atoms with Crippen molar-refractivity contribution in [3.63, 3.8) is 0 Å². The van der Waals surface area contributed by atoms with Crippen molar-refractivity contribution >= 4 is 17.6 Å². The fraction of sp³-hybridized carbons (Fsp3) is 0.105. The van der Waals surface area contributed by atoms with E-state index in [-0.39, 0.29) is 0 Å². The molecule has 0 aromatic heterocycles. The first-order valence-electron chi connectivity index (χ1n) is 7.40. The van der Waals surface area contributed by atoms with Gasteiger partial charge in [0, 0.05) is 17.0 Å². The molecule has 116 valence electrons. The van der Waals surface area contributed by atoms with Crippen LogP contribution in [0.1, 0.15) is 11.1 Å². The van der Waals surface area contributed by atoms with Gasteiger partial charge in [-0.15, -0.1) is 0 Å². The number of ether oxygens (including phenoxy) is 2. The summed E-state index contributed by atoms with van der Waals surface area (Å²) in [6.45, 7) is 0. The summed E-state index contributed by atoms with van der Waals surface area (Å²) < 4.78 is 10.7. The van der Waals surface area contributed by atoms with E-state index in [0.717, 1.165) is 21.7 Å². The maximum absolute atomic E-state index is 12.4. The third kappa shape index (κ3) is 2.01. The SMILES string of the molecule is COc1cccc(C2=c3ccc4c(c3OC(=O)C2C#N)C=CN=4)c1. The molecule has 0 saturated heterocycles. The number of benzene rings is 2. The number of methoxy groups -OCH3 is 1. The predicted octanol–water partition coefficient (Wildman–Crippen LogP) is 1.56. The van der Waals surface area contributed by atoms with Gasteiger partial charge >= 0.3 is 5.97 Å². The number of nitrogens with zero attached hydrogens (tertiary/aromatic N) is 2. The average molecular weight is 316 g/mol. The molecule has 2 aliphatic rings. The lowest BCUT2D eigenvalue weighted by atomic mass is 9.88. The predicted molar refractivity (Wildman–Crippen MR) is 86.5 cm³/mol. The van der Waals surface area contributed by atoms with Gasteiger partial charge in [0.25, 0.3) is 0 Å². The zero-order valence-electron chi connectivity index (χ0n) is 12.8. The second-order valence-corrected chi connectivity index (χ2v) is 5.45. The molecule has 0 radical (unpaired) electrons. The lowest BCUT2D eigenvalue weighted by Crippen LogP contribution is -2.34. The molecular formula is C19H12N2O3. The monoisotopic (exact) mass is 316 g/mol. The highest BCUT2D eigenvalue weighted by atomic mass is 16.5. The number of carbonyl (C=O) groups excluding carboxylic acids is 1. The van der Waals surface area contributed by atoms with Crippen LogP contribution < -0.4 is 20.0 Å². The van der Waals surface area contributed by atoms with E-state index < -0.39 is 11.9 Å². The van der Waals surface area contributed by atoms with Crippen LogP contribution in [0.3, 0.4) is 0 Å². The Morgan fingerprint density at radius 1 is 1.29 bits per heavy atom. The van der Waals surface area contributed by atoms with Crippen molar-refractivity contribution in [3.8, 4) is 17.6 Å².